The molecule has 0 atom stereocenters. The van der Waals surface area contributed by atoms with Crippen molar-refractivity contribution >= 4 is 7.32 Å². The molecule has 142 valence electrons. The summed E-state index contributed by atoms with van der Waals surface area (Å²) in [5.74, 6) is 0. The van der Waals surface area contributed by atoms with Gasteiger partial charge in [-0.3, -0.25) is 0 Å². The van der Waals surface area contributed by atoms with Crippen LogP contribution in [0.1, 0.15) is 122 Å². The molecule has 2 N–H and O–H groups in total. The lowest BCUT2D eigenvalue weighted by molar-refractivity contribution is 0.101. The van der Waals surface area contributed by atoms with Crippen LogP contribution in [0, 0.1) is 0 Å². The highest BCUT2D eigenvalue weighted by Gasteiger charge is 2.17. The van der Waals surface area contributed by atoms with E-state index in [1.807, 2.05) is 0 Å². The highest BCUT2D eigenvalue weighted by atomic mass is 16.6. The number of rotatable bonds is 2. The molecule has 3 nitrogen and oxygen atoms in total. The highest BCUT2D eigenvalue weighted by Crippen LogP contribution is 2.18. The van der Waals surface area contributed by atoms with Crippen LogP contribution in [0.3, 0.4) is 0 Å². The first kappa shape index (κ1) is 22.0. The lowest BCUT2D eigenvalue weighted by atomic mass is 9.99. The third-order valence-electron chi connectivity index (χ3n) is 5.37. The van der Waals surface area contributed by atoms with Crippen molar-refractivity contribution in [2.24, 2.45) is 0 Å². The second-order valence-corrected chi connectivity index (χ2v) is 7.67. The quantitative estimate of drug-likeness (QED) is 0.628. The van der Waals surface area contributed by atoms with Gasteiger partial charge in [0, 0.05) is 6.10 Å². The lowest BCUT2D eigenvalue weighted by Crippen LogP contribution is -2.25. The van der Waals surface area contributed by atoms with E-state index in [0.717, 1.165) is 25.7 Å². The minimum absolute atomic E-state index is 0.0237. The van der Waals surface area contributed by atoms with Crippen LogP contribution in [0.5, 0.6) is 0 Å². The third kappa shape index (κ3) is 14.3. The van der Waals surface area contributed by atoms with Crippen molar-refractivity contribution in [2.45, 2.75) is 128 Å². The van der Waals surface area contributed by atoms with Crippen LogP contribution in [-0.2, 0) is 4.65 Å². The molecule has 24 heavy (non-hydrogen) atoms. The van der Waals surface area contributed by atoms with Gasteiger partial charge in [0.05, 0.1) is 0 Å². The molecule has 0 aliphatic heterocycles. The summed E-state index contributed by atoms with van der Waals surface area (Å²) < 4.78 is 5.27. The van der Waals surface area contributed by atoms with E-state index in [2.05, 4.69) is 0 Å². The molecule has 0 aromatic heterocycles. The molecule has 0 unspecified atom stereocenters. The number of hydrogen-bond donors (Lipinski definition) is 2. The SMILES string of the molecule is OB(O)OC1CCCCCCCCCCCCCCCCCCC1. The van der Waals surface area contributed by atoms with Crippen LogP contribution in [0.15, 0.2) is 0 Å². The summed E-state index contributed by atoms with van der Waals surface area (Å²) in [6, 6.07) is 0. The van der Waals surface area contributed by atoms with E-state index in [1.54, 1.807) is 0 Å². The minimum atomic E-state index is -1.61. The maximum absolute atomic E-state index is 9.08. The van der Waals surface area contributed by atoms with Crippen LogP contribution >= 0.6 is 0 Å². The Labute approximate surface area is 150 Å². The maximum Gasteiger partial charge on any atom is 0.634 e. The monoisotopic (exact) mass is 340 g/mol. The first-order valence-corrected chi connectivity index (χ1v) is 10.8. The van der Waals surface area contributed by atoms with Gasteiger partial charge in [0.2, 0.25) is 0 Å². The van der Waals surface area contributed by atoms with E-state index < -0.39 is 7.32 Å². The molecule has 0 bridgehead atoms. The van der Waals surface area contributed by atoms with Gasteiger partial charge in [0.15, 0.2) is 0 Å². The van der Waals surface area contributed by atoms with Gasteiger partial charge < -0.3 is 14.7 Å². The van der Waals surface area contributed by atoms with E-state index in [4.69, 9.17) is 14.7 Å². The molecule has 0 aromatic rings. The Morgan fingerprint density at radius 3 is 0.958 bits per heavy atom. The molecule has 1 saturated carbocycles. The fourth-order valence-electron chi connectivity index (χ4n) is 3.85. The Kier molecular flexibility index (Phi) is 15.0. The molecule has 0 amide bonds. The van der Waals surface area contributed by atoms with Gasteiger partial charge in [-0.25, -0.2) is 0 Å². The predicted octanol–water partition coefficient (Wildman–Crippen LogP) is 5.77. The molecular weight excluding hydrogens is 299 g/mol. The van der Waals surface area contributed by atoms with Gasteiger partial charge in [0.1, 0.15) is 0 Å². The Balaban J connectivity index is 2.22. The van der Waals surface area contributed by atoms with Crippen LogP contribution in [0.2, 0.25) is 0 Å². The Morgan fingerprint density at radius 1 is 0.458 bits per heavy atom. The molecule has 0 radical (unpaired) electrons. The maximum atomic E-state index is 9.08. The van der Waals surface area contributed by atoms with Crippen molar-refractivity contribution in [1.29, 1.82) is 0 Å². The largest absolute Gasteiger partial charge is 0.634 e. The van der Waals surface area contributed by atoms with Crippen molar-refractivity contribution in [3.8, 4) is 0 Å². The van der Waals surface area contributed by atoms with Crippen LogP contribution in [0.25, 0.3) is 0 Å². The van der Waals surface area contributed by atoms with Crippen molar-refractivity contribution in [3.05, 3.63) is 0 Å². The summed E-state index contributed by atoms with van der Waals surface area (Å²) in [7, 11) is -1.61. The Morgan fingerprint density at radius 2 is 0.708 bits per heavy atom. The van der Waals surface area contributed by atoms with Crippen molar-refractivity contribution in [1.82, 2.24) is 0 Å². The standard InChI is InChI=1S/C20H41BO3/c22-21(23)24-20-18-16-14-12-10-8-6-4-2-1-3-5-7-9-11-13-15-17-19-20/h20,22-23H,1-19H2. The molecule has 4 heteroatoms. The predicted molar refractivity (Wildman–Crippen MR) is 103 cm³/mol. The van der Waals surface area contributed by atoms with Crippen LogP contribution < -0.4 is 0 Å². The summed E-state index contributed by atoms with van der Waals surface area (Å²) in [5, 5.41) is 18.2. The first-order valence-electron chi connectivity index (χ1n) is 10.8. The molecule has 1 aliphatic rings. The summed E-state index contributed by atoms with van der Waals surface area (Å²) >= 11 is 0. The second kappa shape index (κ2) is 16.4. The van der Waals surface area contributed by atoms with E-state index in [9.17, 15) is 0 Å². The smallest absolute Gasteiger partial charge is 0.402 e. The normalized spacial score (nSPS) is 22.8. The molecule has 0 spiro atoms. The van der Waals surface area contributed by atoms with Crippen molar-refractivity contribution in [2.75, 3.05) is 0 Å². The van der Waals surface area contributed by atoms with Crippen LogP contribution in [-0.4, -0.2) is 23.5 Å². The fraction of sp³-hybridized carbons (Fsp3) is 1.00. The third-order valence-corrected chi connectivity index (χ3v) is 5.37. The minimum Gasteiger partial charge on any atom is -0.402 e. The molecule has 0 aromatic carbocycles. The summed E-state index contributed by atoms with van der Waals surface area (Å²) in [6.45, 7) is 0. The summed E-state index contributed by atoms with van der Waals surface area (Å²) in [5.41, 5.74) is 0. The molecular formula is C20H41BO3. The summed E-state index contributed by atoms with van der Waals surface area (Å²) in [6.07, 6.45) is 24.8. The Hall–Kier alpha value is -0.0551. The molecule has 0 heterocycles. The molecule has 1 rings (SSSR count). The lowest BCUT2D eigenvalue weighted by Gasteiger charge is -2.17. The zero-order valence-electron chi connectivity index (χ0n) is 15.9. The highest BCUT2D eigenvalue weighted by molar-refractivity contribution is 6.32. The van der Waals surface area contributed by atoms with Gasteiger partial charge in [-0.2, -0.15) is 0 Å². The first-order chi connectivity index (χ1) is 11.8. The number of hydrogen-bond acceptors (Lipinski definition) is 3. The van der Waals surface area contributed by atoms with Gasteiger partial charge in [0.25, 0.3) is 0 Å². The molecule has 1 aliphatic carbocycles. The van der Waals surface area contributed by atoms with Gasteiger partial charge >= 0.3 is 7.32 Å². The zero-order chi connectivity index (χ0) is 17.3. The second-order valence-electron chi connectivity index (χ2n) is 7.67. The average Bonchev–Trinajstić information content (AvgIpc) is 2.55. The average molecular weight is 340 g/mol. The Bertz CT molecular complexity index is 241. The molecule has 0 saturated heterocycles. The van der Waals surface area contributed by atoms with E-state index in [1.165, 1.54) is 96.3 Å². The van der Waals surface area contributed by atoms with Crippen molar-refractivity contribution in [3.63, 3.8) is 0 Å². The zero-order valence-corrected chi connectivity index (χ0v) is 15.9. The van der Waals surface area contributed by atoms with Crippen molar-refractivity contribution < 1.29 is 14.7 Å². The van der Waals surface area contributed by atoms with Gasteiger partial charge in [-0.1, -0.05) is 109 Å². The van der Waals surface area contributed by atoms with Crippen LogP contribution in [0.4, 0.5) is 0 Å². The molecule has 1 fully saturated rings. The van der Waals surface area contributed by atoms with E-state index in [0.29, 0.717) is 0 Å². The van der Waals surface area contributed by atoms with Gasteiger partial charge in [-0.05, 0) is 12.8 Å². The van der Waals surface area contributed by atoms with E-state index in [-0.39, 0.29) is 6.10 Å². The van der Waals surface area contributed by atoms with E-state index >= 15 is 0 Å². The topological polar surface area (TPSA) is 49.7 Å². The fourth-order valence-corrected chi connectivity index (χ4v) is 3.85. The summed E-state index contributed by atoms with van der Waals surface area (Å²) in [4.78, 5) is 0. The van der Waals surface area contributed by atoms with Gasteiger partial charge in [-0.15, -0.1) is 0 Å².